The van der Waals surface area contributed by atoms with Crippen LogP contribution >= 0.6 is 0 Å². The van der Waals surface area contributed by atoms with E-state index in [1.807, 2.05) is 24.3 Å². The Morgan fingerprint density at radius 1 is 1.36 bits per heavy atom. The summed E-state index contributed by atoms with van der Waals surface area (Å²) in [7, 11) is 1.62. The maximum atomic E-state index is 11.7. The third kappa shape index (κ3) is 2.50. The lowest BCUT2D eigenvalue weighted by molar-refractivity contribution is -0.149. The standard InChI is InChI=1S/C17H22N2O3/c1-18-15(20)13-6-4-12(5-7-13)9-19-10-14-3-2-8-17(14,11-19)16(21)22/h4-7,14H,2-3,8-11H2,1H3,(H,18,20)(H,21,22)/t14-,17+/m0/s1. The van der Waals surface area contributed by atoms with Crippen LogP contribution in [0.15, 0.2) is 24.3 Å². The van der Waals surface area contributed by atoms with Gasteiger partial charge in [0, 0.05) is 32.2 Å². The van der Waals surface area contributed by atoms with Crippen LogP contribution < -0.4 is 5.32 Å². The molecule has 0 bridgehead atoms. The largest absolute Gasteiger partial charge is 0.481 e. The normalized spacial score (nSPS) is 27.6. The van der Waals surface area contributed by atoms with Crippen molar-refractivity contribution in [3.8, 4) is 0 Å². The first-order chi connectivity index (χ1) is 10.5. The van der Waals surface area contributed by atoms with Crippen molar-refractivity contribution < 1.29 is 14.7 Å². The molecule has 1 amide bonds. The summed E-state index contributed by atoms with van der Waals surface area (Å²) in [5.41, 5.74) is 1.24. The number of amides is 1. The van der Waals surface area contributed by atoms with E-state index in [9.17, 15) is 14.7 Å². The van der Waals surface area contributed by atoms with Gasteiger partial charge in [0.25, 0.3) is 5.91 Å². The first-order valence-electron chi connectivity index (χ1n) is 7.82. The van der Waals surface area contributed by atoms with Gasteiger partial charge >= 0.3 is 5.97 Å². The van der Waals surface area contributed by atoms with Crippen molar-refractivity contribution in [3.63, 3.8) is 0 Å². The Morgan fingerprint density at radius 2 is 2.09 bits per heavy atom. The van der Waals surface area contributed by atoms with Crippen molar-refractivity contribution in [2.24, 2.45) is 11.3 Å². The number of carbonyl (C=O) groups is 2. The summed E-state index contributed by atoms with van der Waals surface area (Å²) in [6.45, 7) is 2.26. The highest BCUT2D eigenvalue weighted by molar-refractivity contribution is 5.93. The molecular formula is C17H22N2O3. The van der Waals surface area contributed by atoms with Crippen molar-refractivity contribution in [1.29, 1.82) is 0 Å². The smallest absolute Gasteiger partial charge is 0.311 e. The molecule has 1 aliphatic carbocycles. The Hall–Kier alpha value is -1.88. The summed E-state index contributed by atoms with van der Waals surface area (Å²) in [4.78, 5) is 25.5. The molecule has 2 fully saturated rings. The molecule has 1 heterocycles. The van der Waals surface area contributed by atoms with E-state index in [4.69, 9.17) is 0 Å². The highest BCUT2D eigenvalue weighted by atomic mass is 16.4. The number of carboxylic acids is 1. The highest BCUT2D eigenvalue weighted by Gasteiger charge is 2.54. The number of carbonyl (C=O) groups excluding carboxylic acids is 1. The molecule has 1 saturated heterocycles. The molecule has 3 rings (SSSR count). The predicted molar refractivity (Wildman–Crippen MR) is 82.5 cm³/mol. The number of hydrogen-bond donors (Lipinski definition) is 2. The van der Waals surface area contributed by atoms with E-state index in [0.717, 1.165) is 37.9 Å². The van der Waals surface area contributed by atoms with Crippen LogP contribution in [0, 0.1) is 11.3 Å². The first kappa shape index (κ1) is 15.0. The number of hydrogen-bond acceptors (Lipinski definition) is 3. The number of benzene rings is 1. The molecule has 118 valence electrons. The average molecular weight is 302 g/mol. The molecular weight excluding hydrogens is 280 g/mol. The van der Waals surface area contributed by atoms with Crippen molar-refractivity contribution >= 4 is 11.9 Å². The van der Waals surface area contributed by atoms with Crippen LogP contribution in [-0.4, -0.2) is 42.0 Å². The molecule has 1 aliphatic heterocycles. The van der Waals surface area contributed by atoms with Crippen LogP contribution in [0.4, 0.5) is 0 Å². The maximum absolute atomic E-state index is 11.7. The highest BCUT2D eigenvalue weighted by Crippen LogP contribution is 2.49. The van der Waals surface area contributed by atoms with Crippen molar-refractivity contribution in [2.75, 3.05) is 20.1 Å². The fraction of sp³-hybridized carbons (Fsp3) is 0.529. The lowest BCUT2D eigenvalue weighted by Crippen LogP contribution is -2.35. The van der Waals surface area contributed by atoms with E-state index in [1.165, 1.54) is 0 Å². The Kier molecular flexibility index (Phi) is 3.91. The minimum Gasteiger partial charge on any atom is -0.481 e. The minimum atomic E-state index is -0.632. The van der Waals surface area contributed by atoms with E-state index in [-0.39, 0.29) is 11.8 Å². The summed E-state index contributed by atoms with van der Waals surface area (Å²) in [5, 5.41) is 12.2. The van der Waals surface area contributed by atoms with Gasteiger partial charge in [-0.2, -0.15) is 0 Å². The first-order valence-corrected chi connectivity index (χ1v) is 7.82. The zero-order valence-corrected chi connectivity index (χ0v) is 12.8. The van der Waals surface area contributed by atoms with Gasteiger partial charge in [-0.3, -0.25) is 14.5 Å². The second kappa shape index (κ2) is 5.72. The number of nitrogens with one attached hydrogen (secondary N) is 1. The molecule has 1 aromatic rings. The molecule has 0 spiro atoms. The third-order valence-electron chi connectivity index (χ3n) is 5.22. The second-order valence-electron chi connectivity index (χ2n) is 6.50. The van der Waals surface area contributed by atoms with E-state index < -0.39 is 11.4 Å². The molecule has 2 aliphatic rings. The summed E-state index contributed by atoms with van der Waals surface area (Å²) >= 11 is 0. The summed E-state index contributed by atoms with van der Waals surface area (Å²) in [5.74, 6) is -0.435. The average Bonchev–Trinajstić information content (AvgIpc) is 3.05. The van der Waals surface area contributed by atoms with Gasteiger partial charge in [0.1, 0.15) is 0 Å². The van der Waals surface area contributed by atoms with Gasteiger partial charge in [-0.1, -0.05) is 18.6 Å². The zero-order chi connectivity index (χ0) is 15.7. The minimum absolute atomic E-state index is 0.0907. The Labute approximate surface area is 130 Å². The van der Waals surface area contributed by atoms with Crippen LogP contribution in [0.5, 0.6) is 0 Å². The molecule has 5 heteroatoms. The lowest BCUT2D eigenvalue weighted by atomic mass is 9.81. The Morgan fingerprint density at radius 3 is 2.68 bits per heavy atom. The molecule has 1 saturated carbocycles. The number of nitrogens with zero attached hydrogens (tertiary/aromatic N) is 1. The lowest BCUT2D eigenvalue weighted by Gasteiger charge is -2.23. The van der Waals surface area contributed by atoms with Crippen LogP contribution in [0.25, 0.3) is 0 Å². The molecule has 0 radical (unpaired) electrons. The fourth-order valence-corrected chi connectivity index (χ4v) is 4.03. The monoisotopic (exact) mass is 302 g/mol. The number of aliphatic carboxylic acids is 1. The van der Waals surface area contributed by atoms with E-state index >= 15 is 0 Å². The topological polar surface area (TPSA) is 69.6 Å². The quantitative estimate of drug-likeness (QED) is 0.889. The zero-order valence-electron chi connectivity index (χ0n) is 12.8. The fourth-order valence-electron chi connectivity index (χ4n) is 4.03. The molecule has 0 aromatic heterocycles. The number of carboxylic acid groups (broad SMARTS) is 1. The van der Waals surface area contributed by atoms with E-state index in [2.05, 4.69) is 10.2 Å². The van der Waals surface area contributed by atoms with Crippen LogP contribution in [-0.2, 0) is 11.3 Å². The van der Waals surface area contributed by atoms with Crippen molar-refractivity contribution in [1.82, 2.24) is 10.2 Å². The van der Waals surface area contributed by atoms with Gasteiger partial charge < -0.3 is 10.4 Å². The molecule has 2 atom stereocenters. The van der Waals surface area contributed by atoms with Gasteiger partial charge in [0.2, 0.25) is 0 Å². The summed E-state index contributed by atoms with van der Waals surface area (Å²) < 4.78 is 0. The van der Waals surface area contributed by atoms with E-state index in [1.54, 1.807) is 7.05 Å². The number of likely N-dealkylation sites (tertiary alicyclic amines) is 1. The van der Waals surface area contributed by atoms with Gasteiger partial charge in [-0.15, -0.1) is 0 Å². The second-order valence-corrected chi connectivity index (χ2v) is 6.50. The molecule has 2 N–H and O–H groups in total. The number of fused-ring (bicyclic) bond motifs is 1. The number of rotatable bonds is 4. The predicted octanol–water partition coefficient (Wildman–Crippen LogP) is 1.73. The van der Waals surface area contributed by atoms with Crippen LogP contribution in [0.2, 0.25) is 0 Å². The van der Waals surface area contributed by atoms with Gasteiger partial charge in [0.15, 0.2) is 0 Å². The van der Waals surface area contributed by atoms with Gasteiger partial charge in [0.05, 0.1) is 5.41 Å². The Bertz CT molecular complexity index is 584. The Balaban J connectivity index is 1.68. The molecule has 22 heavy (non-hydrogen) atoms. The molecule has 1 aromatic carbocycles. The van der Waals surface area contributed by atoms with Crippen LogP contribution in [0.1, 0.15) is 35.2 Å². The third-order valence-corrected chi connectivity index (χ3v) is 5.22. The SMILES string of the molecule is CNC(=O)c1ccc(CN2C[C@@H]3CCC[C@@]3(C(=O)O)C2)cc1. The van der Waals surface area contributed by atoms with Crippen molar-refractivity contribution in [2.45, 2.75) is 25.8 Å². The van der Waals surface area contributed by atoms with Crippen molar-refractivity contribution in [3.05, 3.63) is 35.4 Å². The summed E-state index contributed by atoms with van der Waals surface area (Å²) in [6, 6.07) is 7.54. The van der Waals surface area contributed by atoms with Gasteiger partial charge in [-0.25, -0.2) is 0 Å². The maximum Gasteiger partial charge on any atom is 0.311 e. The molecule has 5 nitrogen and oxygen atoms in total. The van der Waals surface area contributed by atoms with Gasteiger partial charge in [-0.05, 0) is 36.5 Å². The van der Waals surface area contributed by atoms with E-state index in [0.29, 0.717) is 12.1 Å². The van der Waals surface area contributed by atoms with Crippen LogP contribution in [0.3, 0.4) is 0 Å². The molecule has 0 unspecified atom stereocenters. The summed E-state index contributed by atoms with van der Waals surface area (Å²) in [6.07, 6.45) is 2.86.